The molecule has 2 aliphatic rings. The van der Waals surface area contributed by atoms with Crippen LogP contribution in [-0.2, 0) is 13.0 Å². The molecule has 2 aliphatic heterocycles. The van der Waals surface area contributed by atoms with Crippen LogP contribution in [0.5, 0.6) is 0 Å². The number of benzene rings is 1. The molecule has 0 unspecified atom stereocenters. The van der Waals surface area contributed by atoms with E-state index in [9.17, 15) is 23.1 Å². The average Bonchev–Trinajstić information content (AvgIpc) is 2.78. The van der Waals surface area contributed by atoms with Crippen molar-refractivity contribution in [2.75, 3.05) is 38.0 Å². The molecule has 4 rings (SSSR count). The molecule has 2 aromatic rings. The van der Waals surface area contributed by atoms with E-state index in [-0.39, 0.29) is 31.4 Å². The van der Waals surface area contributed by atoms with Gasteiger partial charge in [-0.25, -0.2) is 9.97 Å². The number of aliphatic hydroxyl groups is 1. The molecule has 0 saturated carbocycles. The van der Waals surface area contributed by atoms with E-state index in [0.29, 0.717) is 12.4 Å². The van der Waals surface area contributed by atoms with Gasteiger partial charge in [0.05, 0.1) is 12.1 Å². The van der Waals surface area contributed by atoms with Crippen LogP contribution < -0.4 is 10.6 Å². The zero-order chi connectivity index (χ0) is 24.3. The molecule has 11 heteroatoms. The van der Waals surface area contributed by atoms with E-state index < -0.39 is 24.2 Å². The van der Waals surface area contributed by atoms with Gasteiger partial charge in [-0.15, -0.1) is 0 Å². The van der Waals surface area contributed by atoms with E-state index in [1.54, 1.807) is 0 Å². The molecule has 1 amide bonds. The summed E-state index contributed by atoms with van der Waals surface area (Å²) in [5.74, 6) is -0.0774. The Labute approximate surface area is 196 Å². The van der Waals surface area contributed by atoms with Gasteiger partial charge in [-0.2, -0.15) is 13.2 Å². The first-order valence-electron chi connectivity index (χ1n) is 11.3. The number of alkyl halides is 3. The lowest BCUT2D eigenvalue weighted by molar-refractivity contribution is -0.188. The van der Waals surface area contributed by atoms with Crippen LogP contribution in [0.25, 0.3) is 0 Å². The van der Waals surface area contributed by atoms with Crippen molar-refractivity contribution < 1.29 is 23.1 Å². The average molecular weight is 479 g/mol. The highest BCUT2D eigenvalue weighted by Crippen LogP contribution is 2.28. The second-order valence-corrected chi connectivity index (χ2v) is 8.92. The van der Waals surface area contributed by atoms with Gasteiger partial charge >= 0.3 is 6.18 Å². The van der Waals surface area contributed by atoms with Gasteiger partial charge in [0.15, 0.2) is 0 Å². The first-order valence-corrected chi connectivity index (χ1v) is 11.3. The van der Waals surface area contributed by atoms with Crippen molar-refractivity contribution in [2.24, 2.45) is 0 Å². The molecular weight excluding hydrogens is 449 g/mol. The topological polar surface area (TPSA) is 93.6 Å². The number of carbonyl (C=O) groups is 1. The van der Waals surface area contributed by atoms with E-state index in [4.69, 9.17) is 0 Å². The number of hydrogen-bond acceptors (Lipinski definition) is 7. The molecule has 0 bridgehead atoms. The molecule has 2 atom stereocenters. The highest BCUT2D eigenvalue weighted by Gasteiger charge is 2.44. The molecule has 0 radical (unpaired) electrons. The number of halogens is 3. The van der Waals surface area contributed by atoms with Crippen LogP contribution in [0.3, 0.4) is 0 Å². The smallest absolute Gasteiger partial charge is 0.390 e. The van der Waals surface area contributed by atoms with Gasteiger partial charge in [0.1, 0.15) is 23.9 Å². The van der Waals surface area contributed by atoms with Crippen molar-refractivity contribution in [1.82, 2.24) is 25.1 Å². The SMILES string of the molecule is C[C@H](N1CC(Nc2cc(C(=O)NC[C@H](O)CN3CCc4ccccc4C3)ncn2)C1)C(F)(F)F. The van der Waals surface area contributed by atoms with Crippen LogP contribution in [0.2, 0.25) is 0 Å². The standard InChI is InChI=1S/C23H29F3N6O2/c1-15(23(24,25)26)32-11-18(12-32)30-21-8-20(28-14-29-21)22(34)27-9-19(33)13-31-7-6-16-4-2-3-5-17(16)10-31/h2-5,8,14-15,18-19,33H,6-7,9-13H2,1H3,(H,27,34)(H,28,29,30)/t15-,19-/m0/s1. The Kier molecular flexibility index (Phi) is 7.34. The number of likely N-dealkylation sites (tertiary alicyclic amines) is 1. The first-order chi connectivity index (χ1) is 16.2. The number of fused-ring (bicyclic) bond motifs is 1. The number of aliphatic hydroxyl groups excluding tert-OH is 1. The third-order valence-electron chi connectivity index (χ3n) is 6.36. The quantitative estimate of drug-likeness (QED) is 0.532. The first kappa shape index (κ1) is 24.4. The highest BCUT2D eigenvalue weighted by atomic mass is 19.4. The molecule has 3 N–H and O–H groups in total. The Morgan fingerprint density at radius 2 is 1.97 bits per heavy atom. The Bertz CT molecular complexity index is 999. The zero-order valence-corrected chi connectivity index (χ0v) is 18.9. The van der Waals surface area contributed by atoms with Gasteiger partial charge < -0.3 is 15.7 Å². The molecular formula is C23H29F3N6O2. The molecule has 184 valence electrons. The van der Waals surface area contributed by atoms with Gasteiger partial charge in [-0.3, -0.25) is 14.6 Å². The van der Waals surface area contributed by atoms with Gasteiger partial charge in [0.25, 0.3) is 5.91 Å². The maximum absolute atomic E-state index is 12.8. The van der Waals surface area contributed by atoms with Crippen molar-refractivity contribution in [3.63, 3.8) is 0 Å². The zero-order valence-electron chi connectivity index (χ0n) is 18.9. The fourth-order valence-electron chi connectivity index (χ4n) is 4.27. The fourth-order valence-corrected chi connectivity index (χ4v) is 4.27. The molecule has 3 heterocycles. The van der Waals surface area contributed by atoms with Crippen LogP contribution in [0.1, 0.15) is 28.5 Å². The minimum atomic E-state index is -4.26. The minimum absolute atomic E-state index is 0.0800. The summed E-state index contributed by atoms with van der Waals surface area (Å²) >= 11 is 0. The number of carbonyl (C=O) groups excluding carboxylic acids is 1. The molecule has 1 saturated heterocycles. The number of aromatic nitrogens is 2. The number of amides is 1. The van der Waals surface area contributed by atoms with Gasteiger partial charge in [-0.1, -0.05) is 24.3 Å². The van der Waals surface area contributed by atoms with E-state index in [1.165, 1.54) is 28.4 Å². The number of anilines is 1. The molecule has 34 heavy (non-hydrogen) atoms. The summed E-state index contributed by atoms with van der Waals surface area (Å²) in [7, 11) is 0. The summed E-state index contributed by atoms with van der Waals surface area (Å²) in [5.41, 5.74) is 2.71. The number of β-amino-alcohol motifs (C(OH)–C–C–N with tert-alkyl or cyclic N) is 1. The largest absolute Gasteiger partial charge is 0.403 e. The Morgan fingerprint density at radius 1 is 1.24 bits per heavy atom. The highest BCUT2D eigenvalue weighted by molar-refractivity contribution is 5.92. The second kappa shape index (κ2) is 10.2. The maximum Gasteiger partial charge on any atom is 0.403 e. The third-order valence-corrected chi connectivity index (χ3v) is 6.36. The van der Waals surface area contributed by atoms with Crippen LogP contribution in [0.4, 0.5) is 19.0 Å². The number of nitrogens with one attached hydrogen (secondary N) is 2. The number of hydrogen-bond donors (Lipinski definition) is 3. The van der Waals surface area contributed by atoms with Crippen LogP contribution in [0.15, 0.2) is 36.7 Å². The lowest BCUT2D eigenvalue weighted by atomic mass is 10.00. The lowest BCUT2D eigenvalue weighted by Gasteiger charge is -2.43. The monoisotopic (exact) mass is 478 g/mol. The van der Waals surface area contributed by atoms with E-state index in [1.807, 2.05) is 12.1 Å². The Morgan fingerprint density at radius 3 is 2.71 bits per heavy atom. The summed E-state index contributed by atoms with van der Waals surface area (Å²) in [6, 6.07) is 8.03. The van der Waals surface area contributed by atoms with Crippen molar-refractivity contribution in [2.45, 2.75) is 44.3 Å². The summed E-state index contributed by atoms with van der Waals surface area (Å²) in [5, 5.41) is 16.1. The van der Waals surface area contributed by atoms with Crippen LogP contribution in [0, 0.1) is 0 Å². The normalized spacial score (nSPS) is 19.1. The van der Waals surface area contributed by atoms with Crippen molar-refractivity contribution in [1.29, 1.82) is 0 Å². The maximum atomic E-state index is 12.8. The summed E-state index contributed by atoms with van der Waals surface area (Å²) < 4.78 is 38.4. The molecule has 0 aliphatic carbocycles. The third kappa shape index (κ3) is 6.02. The lowest BCUT2D eigenvalue weighted by Crippen LogP contribution is -2.61. The summed E-state index contributed by atoms with van der Waals surface area (Å²) in [4.78, 5) is 24.0. The molecule has 1 aromatic heterocycles. The van der Waals surface area contributed by atoms with Crippen LogP contribution in [-0.4, -0.2) is 87.9 Å². The molecule has 8 nitrogen and oxygen atoms in total. The van der Waals surface area contributed by atoms with Crippen molar-refractivity contribution >= 4 is 11.7 Å². The predicted molar refractivity (Wildman–Crippen MR) is 120 cm³/mol. The fraction of sp³-hybridized carbons (Fsp3) is 0.522. The van der Waals surface area contributed by atoms with E-state index in [2.05, 4.69) is 37.6 Å². The van der Waals surface area contributed by atoms with E-state index >= 15 is 0 Å². The van der Waals surface area contributed by atoms with Crippen LogP contribution >= 0.6 is 0 Å². The van der Waals surface area contributed by atoms with E-state index in [0.717, 1.165) is 26.4 Å². The summed E-state index contributed by atoms with van der Waals surface area (Å²) in [6.07, 6.45) is -2.83. The number of nitrogens with zero attached hydrogens (tertiary/aromatic N) is 4. The Balaban J connectivity index is 1.21. The molecule has 1 aromatic carbocycles. The van der Waals surface area contributed by atoms with Crippen molar-refractivity contribution in [3.05, 3.63) is 53.5 Å². The molecule has 1 fully saturated rings. The van der Waals surface area contributed by atoms with Gasteiger partial charge in [-0.05, 0) is 24.5 Å². The molecule has 0 spiro atoms. The summed E-state index contributed by atoms with van der Waals surface area (Å²) in [6.45, 7) is 3.75. The number of rotatable bonds is 8. The second-order valence-electron chi connectivity index (χ2n) is 8.92. The minimum Gasteiger partial charge on any atom is -0.390 e. The van der Waals surface area contributed by atoms with Gasteiger partial charge in [0.2, 0.25) is 0 Å². The predicted octanol–water partition coefficient (Wildman–Crippen LogP) is 1.67. The van der Waals surface area contributed by atoms with Crippen molar-refractivity contribution in [3.8, 4) is 0 Å². The van der Waals surface area contributed by atoms with Gasteiger partial charge in [0, 0.05) is 45.3 Å². The Hall–Kier alpha value is -2.76.